The summed E-state index contributed by atoms with van der Waals surface area (Å²) in [5.41, 5.74) is 2.05. The molecule has 0 aliphatic heterocycles. The molecule has 0 N–H and O–H groups in total. The molecule has 0 bridgehead atoms. The van der Waals surface area contributed by atoms with Crippen LogP contribution in [0, 0.1) is 0 Å². The standard InChI is InChI=1S/C17H23NO3S/c1-5-20-17-15(10-11-22-4)18-16(21-17)12(2)13-6-8-14(19-3)9-7-13/h6-9,12H,5,10-11H2,1-4H3. The van der Waals surface area contributed by atoms with Gasteiger partial charge in [0.2, 0.25) is 5.89 Å². The molecule has 4 nitrogen and oxygen atoms in total. The van der Waals surface area contributed by atoms with Gasteiger partial charge in [-0.25, -0.2) is 4.98 Å². The lowest BCUT2D eigenvalue weighted by atomic mass is 10.0. The molecule has 0 fully saturated rings. The number of oxazole rings is 1. The van der Waals surface area contributed by atoms with Crippen LogP contribution in [0.1, 0.15) is 36.9 Å². The molecule has 0 saturated heterocycles. The number of thioether (sulfide) groups is 1. The molecule has 2 aromatic rings. The van der Waals surface area contributed by atoms with Gasteiger partial charge in [0.25, 0.3) is 0 Å². The van der Waals surface area contributed by atoms with Gasteiger partial charge in [0.15, 0.2) is 0 Å². The summed E-state index contributed by atoms with van der Waals surface area (Å²) in [6, 6.07) is 7.98. The Labute approximate surface area is 136 Å². The summed E-state index contributed by atoms with van der Waals surface area (Å²) in [7, 11) is 1.67. The summed E-state index contributed by atoms with van der Waals surface area (Å²) >= 11 is 1.79. The first-order valence-electron chi connectivity index (χ1n) is 7.44. The zero-order valence-corrected chi connectivity index (χ0v) is 14.4. The minimum absolute atomic E-state index is 0.0770. The Kier molecular flexibility index (Phi) is 6.19. The number of hydrogen-bond acceptors (Lipinski definition) is 5. The quantitative estimate of drug-likeness (QED) is 0.731. The van der Waals surface area contributed by atoms with Crippen molar-refractivity contribution in [2.24, 2.45) is 0 Å². The van der Waals surface area contributed by atoms with Crippen molar-refractivity contribution in [3.63, 3.8) is 0 Å². The highest BCUT2D eigenvalue weighted by atomic mass is 32.2. The van der Waals surface area contributed by atoms with Gasteiger partial charge in [-0.3, -0.25) is 0 Å². The van der Waals surface area contributed by atoms with E-state index >= 15 is 0 Å². The number of nitrogens with zero attached hydrogens (tertiary/aromatic N) is 1. The highest BCUT2D eigenvalue weighted by Crippen LogP contribution is 2.30. The van der Waals surface area contributed by atoms with Crippen LogP contribution in [-0.4, -0.2) is 30.7 Å². The fourth-order valence-corrected chi connectivity index (χ4v) is 2.57. The van der Waals surface area contributed by atoms with Gasteiger partial charge >= 0.3 is 5.95 Å². The minimum atomic E-state index is 0.0770. The third-order valence-corrected chi connectivity index (χ3v) is 4.10. The summed E-state index contributed by atoms with van der Waals surface area (Å²) < 4.78 is 16.6. The normalized spacial score (nSPS) is 12.2. The lowest BCUT2D eigenvalue weighted by molar-refractivity contribution is 0.245. The zero-order chi connectivity index (χ0) is 15.9. The van der Waals surface area contributed by atoms with Crippen LogP contribution in [0.15, 0.2) is 28.7 Å². The first kappa shape index (κ1) is 16.7. The van der Waals surface area contributed by atoms with E-state index in [4.69, 9.17) is 13.9 Å². The van der Waals surface area contributed by atoms with Crippen LogP contribution in [-0.2, 0) is 6.42 Å². The smallest absolute Gasteiger partial charge is 0.308 e. The predicted molar refractivity (Wildman–Crippen MR) is 90.3 cm³/mol. The third kappa shape index (κ3) is 3.97. The molecule has 2 rings (SSSR count). The van der Waals surface area contributed by atoms with E-state index in [2.05, 4.69) is 18.2 Å². The molecule has 0 amide bonds. The van der Waals surface area contributed by atoms with Crippen LogP contribution in [0.3, 0.4) is 0 Å². The van der Waals surface area contributed by atoms with Crippen molar-refractivity contribution in [3.8, 4) is 11.7 Å². The van der Waals surface area contributed by atoms with Gasteiger partial charge in [0.05, 0.1) is 19.6 Å². The Balaban J connectivity index is 2.21. The van der Waals surface area contributed by atoms with Gasteiger partial charge in [-0.05, 0) is 43.6 Å². The molecule has 0 saturated carbocycles. The number of rotatable bonds is 8. The summed E-state index contributed by atoms with van der Waals surface area (Å²) in [6.07, 6.45) is 2.94. The van der Waals surface area contributed by atoms with E-state index in [0.29, 0.717) is 18.4 Å². The van der Waals surface area contributed by atoms with E-state index in [1.165, 1.54) is 0 Å². The second-order valence-corrected chi connectivity index (χ2v) is 5.94. The molecule has 1 unspecified atom stereocenters. The van der Waals surface area contributed by atoms with Gasteiger partial charge in [-0.15, -0.1) is 0 Å². The predicted octanol–water partition coefficient (Wildman–Crippen LogP) is 4.14. The summed E-state index contributed by atoms with van der Waals surface area (Å²) in [6.45, 7) is 4.62. The zero-order valence-electron chi connectivity index (χ0n) is 13.6. The van der Waals surface area contributed by atoms with E-state index in [-0.39, 0.29) is 5.92 Å². The van der Waals surface area contributed by atoms with Crippen molar-refractivity contribution in [2.75, 3.05) is 25.7 Å². The molecule has 0 radical (unpaired) electrons. The van der Waals surface area contributed by atoms with Crippen molar-refractivity contribution in [2.45, 2.75) is 26.2 Å². The Morgan fingerprint density at radius 3 is 2.59 bits per heavy atom. The van der Waals surface area contributed by atoms with Crippen LogP contribution in [0.2, 0.25) is 0 Å². The first-order chi connectivity index (χ1) is 10.7. The highest BCUT2D eigenvalue weighted by Gasteiger charge is 2.20. The monoisotopic (exact) mass is 321 g/mol. The average molecular weight is 321 g/mol. The number of benzene rings is 1. The highest BCUT2D eigenvalue weighted by molar-refractivity contribution is 7.98. The lowest BCUT2D eigenvalue weighted by Gasteiger charge is -2.08. The van der Waals surface area contributed by atoms with Gasteiger partial charge in [0, 0.05) is 6.42 Å². The molecule has 0 spiro atoms. The molecule has 1 aromatic heterocycles. The Morgan fingerprint density at radius 1 is 1.27 bits per heavy atom. The Morgan fingerprint density at radius 2 is 2.00 bits per heavy atom. The van der Waals surface area contributed by atoms with E-state index in [0.717, 1.165) is 29.2 Å². The molecule has 1 aromatic carbocycles. The second-order valence-electron chi connectivity index (χ2n) is 4.96. The van der Waals surface area contributed by atoms with Crippen molar-refractivity contribution >= 4 is 11.8 Å². The van der Waals surface area contributed by atoms with Crippen LogP contribution >= 0.6 is 11.8 Å². The maximum atomic E-state index is 5.85. The fourth-order valence-electron chi connectivity index (χ4n) is 2.18. The van der Waals surface area contributed by atoms with Gasteiger partial charge in [-0.1, -0.05) is 12.1 Å². The average Bonchev–Trinajstić information content (AvgIpc) is 2.95. The van der Waals surface area contributed by atoms with Crippen molar-refractivity contribution in [1.29, 1.82) is 0 Å². The number of aryl methyl sites for hydroxylation is 1. The van der Waals surface area contributed by atoms with Crippen molar-refractivity contribution in [3.05, 3.63) is 41.4 Å². The summed E-state index contributed by atoms with van der Waals surface area (Å²) in [4.78, 5) is 4.65. The molecule has 120 valence electrons. The van der Waals surface area contributed by atoms with Gasteiger partial charge < -0.3 is 13.9 Å². The number of ether oxygens (including phenoxy) is 2. The maximum Gasteiger partial charge on any atom is 0.308 e. The minimum Gasteiger partial charge on any atom is -0.497 e. The summed E-state index contributed by atoms with van der Waals surface area (Å²) in [5.74, 6) is 3.19. The molecule has 22 heavy (non-hydrogen) atoms. The molecule has 5 heteroatoms. The lowest BCUT2D eigenvalue weighted by Crippen LogP contribution is -1.98. The van der Waals surface area contributed by atoms with Crippen LogP contribution in [0.25, 0.3) is 0 Å². The number of methoxy groups -OCH3 is 1. The molecule has 0 aliphatic carbocycles. The molecule has 1 heterocycles. The van der Waals surface area contributed by atoms with E-state index < -0.39 is 0 Å². The van der Waals surface area contributed by atoms with Crippen LogP contribution in [0.5, 0.6) is 11.7 Å². The maximum absolute atomic E-state index is 5.85. The fraction of sp³-hybridized carbons (Fsp3) is 0.471. The first-order valence-corrected chi connectivity index (χ1v) is 8.84. The molecule has 1 atom stereocenters. The largest absolute Gasteiger partial charge is 0.497 e. The van der Waals surface area contributed by atoms with Crippen LogP contribution < -0.4 is 9.47 Å². The number of hydrogen-bond donors (Lipinski definition) is 0. The van der Waals surface area contributed by atoms with Crippen molar-refractivity contribution < 1.29 is 13.9 Å². The van der Waals surface area contributed by atoms with Crippen molar-refractivity contribution in [1.82, 2.24) is 4.98 Å². The van der Waals surface area contributed by atoms with E-state index in [1.807, 2.05) is 31.2 Å². The van der Waals surface area contributed by atoms with Gasteiger partial charge in [-0.2, -0.15) is 11.8 Å². The number of aromatic nitrogens is 1. The molecular weight excluding hydrogens is 298 g/mol. The second kappa shape index (κ2) is 8.13. The SMILES string of the molecule is CCOc1oc(C(C)c2ccc(OC)cc2)nc1CCSC. The van der Waals surface area contributed by atoms with E-state index in [1.54, 1.807) is 18.9 Å². The summed E-state index contributed by atoms with van der Waals surface area (Å²) in [5, 5.41) is 0. The topological polar surface area (TPSA) is 44.5 Å². The van der Waals surface area contributed by atoms with E-state index in [9.17, 15) is 0 Å². The third-order valence-electron chi connectivity index (χ3n) is 3.48. The van der Waals surface area contributed by atoms with Crippen LogP contribution in [0.4, 0.5) is 0 Å². The Hall–Kier alpha value is -1.62. The van der Waals surface area contributed by atoms with Gasteiger partial charge in [0.1, 0.15) is 11.4 Å². The molecular formula is C17H23NO3S. The Bertz CT molecular complexity index is 580. The molecule has 0 aliphatic rings.